The molecule has 0 aliphatic heterocycles. The van der Waals surface area contributed by atoms with E-state index in [-0.39, 0.29) is 5.56 Å². The van der Waals surface area contributed by atoms with Gasteiger partial charge in [-0.3, -0.25) is 0 Å². The molecule has 2 aromatic carbocycles. The molecule has 0 aliphatic rings. The van der Waals surface area contributed by atoms with Crippen LogP contribution in [0.15, 0.2) is 64.4 Å². The zero-order chi connectivity index (χ0) is 15.1. The third kappa shape index (κ3) is 5.14. The number of ether oxygens (including phenoxy) is 1. The van der Waals surface area contributed by atoms with Gasteiger partial charge in [-0.1, -0.05) is 18.2 Å². The fourth-order valence-electron chi connectivity index (χ4n) is 1.36. The van der Waals surface area contributed by atoms with Gasteiger partial charge in [-0.25, -0.2) is 13.2 Å². The lowest BCUT2D eigenvalue weighted by atomic mass is 10.2. The summed E-state index contributed by atoms with van der Waals surface area (Å²) in [5.74, 6) is -0.904. The second kappa shape index (κ2) is 7.72. The summed E-state index contributed by atoms with van der Waals surface area (Å²) in [4.78, 5) is 23.3. The van der Waals surface area contributed by atoms with Crippen LogP contribution in [0.3, 0.4) is 0 Å². The van der Waals surface area contributed by atoms with Crippen molar-refractivity contribution in [1.29, 1.82) is 0 Å². The van der Waals surface area contributed by atoms with Crippen molar-refractivity contribution >= 4 is 36.2 Å². The minimum atomic E-state index is -1.62. The van der Waals surface area contributed by atoms with Crippen molar-refractivity contribution in [2.45, 2.75) is 9.79 Å². The minimum absolute atomic E-state index is 0.164. The van der Waals surface area contributed by atoms with E-state index >= 15 is 0 Å². The van der Waals surface area contributed by atoms with Gasteiger partial charge in [0.2, 0.25) is 0 Å². The second-order valence-corrected chi connectivity index (χ2v) is 5.55. The van der Waals surface area contributed by atoms with E-state index in [0.29, 0.717) is 0 Å². The van der Waals surface area contributed by atoms with Crippen molar-refractivity contribution in [1.82, 2.24) is 0 Å². The Morgan fingerprint density at radius 2 is 1.43 bits per heavy atom. The Labute approximate surface area is 129 Å². The molecule has 7 heteroatoms. The Bertz CT molecular complexity index is 613. The number of rotatable bonds is 5. The maximum atomic E-state index is 11.3. The topological polar surface area (TPSA) is 72.8 Å². The van der Waals surface area contributed by atoms with Crippen LogP contribution in [0.2, 0.25) is 0 Å². The first-order valence-electron chi connectivity index (χ1n) is 5.76. The Morgan fingerprint density at radius 1 is 0.857 bits per heavy atom. The predicted molar refractivity (Wildman–Crippen MR) is 79.1 cm³/mol. The summed E-state index contributed by atoms with van der Waals surface area (Å²) in [7, 11) is 0. The maximum absolute atomic E-state index is 11.3. The number of carbonyl (C=O) groups is 2. The van der Waals surface area contributed by atoms with Gasteiger partial charge in [-0.2, -0.15) is 0 Å². The first-order valence-corrected chi connectivity index (χ1v) is 7.25. The van der Waals surface area contributed by atoms with E-state index in [0.717, 1.165) is 21.8 Å². The van der Waals surface area contributed by atoms with E-state index in [4.69, 9.17) is 8.74 Å². The molecule has 0 spiro atoms. The van der Waals surface area contributed by atoms with Gasteiger partial charge >= 0.3 is 12.1 Å². The molecule has 0 atom stereocenters. The third-order valence-corrected chi connectivity index (χ3v) is 3.75. The van der Waals surface area contributed by atoms with E-state index in [1.54, 1.807) is 12.1 Å². The SMILES string of the molecule is O=C(O)OC(=O)c1ccc(SOSc2ccccc2)cc1. The molecule has 21 heavy (non-hydrogen) atoms. The first-order chi connectivity index (χ1) is 10.1. The molecule has 0 saturated heterocycles. The molecule has 0 unspecified atom stereocenters. The molecular formula is C14H10O5S2. The molecule has 0 aromatic heterocycles. The molecule has 2 rings (SSSR count). The molecule has 0 bridgehead atoms. The fraction of sp³-hybridized carbons (Fsp3) is 0. The second-order valence-electron chi connectivity index (χ2n) is 3.73. The summed E-state index contributed by atoms with van der Waals surface area (Å²) in [6.07, 6.45) is -1.62. The first kappa shape index (κ1) is 15.4. The highest BCUT2D eigenvalue weighted by atomic mass is 32.2. The van der Waals surface area contributed by atoms with E-state index in [1.165, 1.54) is 24.2 Å². The van der Waals surface area contributed by atoms with Crippen LogP contribution in [-0.4, -0.2) is 17.2 Å². The molecule has 0 saturated carbocycles. The summed E-state index contributed by atoms with van der Waals surface area (Å²) in [5.41, 5.74) is 0.164. The van der Waals surface area contributed by atoms with Gasteiger partial charge in [0, 0.05) is 33.9 Å². The number of hydrogen-bond donors (Lipinski definition) is 1. The van der Waals surface area contributed by atoms with Gasteiger partial charge in [0.05, 0.1) is 5.56 Å². The van der Waals surface area contributed by atoms with E-state index in [2.05, 4.69) is 4.74 Å². The Balaban J connectivity index is 1.85. The molecule has 108 valence electrons. The number of carbonyl (C=O) groups excluding carboxylic acids is 1. The van der Waals surface area contributed by atoms with Crippen molar-refractivity contribution in [3.8, 4) is 0 Å². The van der Waals surface area contributed by atoms with E-state index in [1.807, 2.05) is 30.3 Å². The highest BCUT2D eigenvalue weighted by Crippen LogP contribution is 2.29. The summed E-state index contributed by atoms with van der Waals surface area (Å²) < 4.78 is 9.44. The van der Waals surface area contributed by atoms with Crippen molar-refractivity contribution in [2.24, 2.45) is 0 Å². The average Bonchev–Trinajstić information content (AvgIpc) is 2.48. The molecule has 0 radical (unpaired) electrons. The van der Waals surface area contributed by atoms with E-state index < -0.39 is 12.1 Å². The van der Waals surface area contributed by atoms with Crippen LogP contribution in [0.1, 0.15) is 10.4 Å². The van der Waals surface area contributed by atoms with Gasteiger partial charge in [0.25, 0.3) is 0 Å². The van der Waals surface area contributed by atoms with Gasteiger partial charge in [-0.05, 0) is 36.4 Å². The van der Waals surface area contributed by atoms with Crippen LogP contribution < -0.4 is 0 Å². The van der Waals surface area contributed by atoms with Crippen molar-refractivity contribution < 1.29 is 23.1 Å². The largest absolute Gasteiger partial charge is 0.513 e. The third-order valence-electron chi connectivity index (χ3n) is 2.27. The van der Waals surface area contributed by atoms with Crippen LogP contribution in [0, 0.1) is 0 Å². The van der Waals surface area contributed by atoms with Crippen LogP contribution >= 0.6 is 24.1 Å². The molecule has 1 N–H and O–H groups in total. The van der Waals surface area contributed by atoms with Crippen molar-refractivity contribution in [3.63, 3.8) is 0 Å². The summed E-state index contributed by atoms with van der Waals surface area (Å²) in [6, 6.07) is 15.9. The molecule has 0 fully saturated rings. The monoisotopic (exact) mass is 322 g/mol. The molecule has 0 amide bonds. The summed E-state index contributed by atoms with van der Waals surface area (Å²) in [6.45, 7) is 0. The molecule has 0 aliphatic carbocycles. The quantitative estimate of drug-likeness (QED) is 0.501. The van der Waals surface area contributed by atoms with Crippen LogP contribution in [0.5, 0.6) is 0 Å². The van der Waals surface area contributed by atoms with Crippen LogP contribution in [-0.2, 0) is 8.37 Å². The molecule has 0 heterocycles. The highest BCUT2D eigenvalue weighted by Gasteiger charge is 2.11. The van der Waals surface area contributed by atoms with Crippen molar-refractivity contribution in [2.75, 3.05) is 0 Å². The standard InChI is InChI=1S/C14H10O5S2/c15-13(18-14(16)17)10-6-8-12(9-7-10)21-19-20-11-4-2-1-3-5-11/h1-9H,(H,16,17). The van der Waals surface area contributed by atoms with Crippen LogP contribution in [0.4, 0.5) is 4.79 Å². The zero-order valence-electron chi connectivity index (χ0n) is 10.6. The lowest BCUT2D eigenvalue weighted by Gasteiger charge is -2.02. The van der Waals surface area contributed by atoms with Crippen molar-refractivity contribution in [3.05, 3.63) is 60.2 Å². The molecule has 5 nitrogen and oxygen atoms in total. The normalized spacial score (nSPS) is 10.1. The van der Waals surface area contributed by atoms with E-state index in [9.17, 15) is 9.59 Å². The number of carboxylic acid groups (broad SMARTS) is 1. The Hall–Kier alpha value is -1.96. The van der Waals surface area contributed by atoms with Gasteiger partial charge < -0.3 is 9.84 Å². The van der Waals surface area contributed by atoms with Gasteiger partial charge in [-0.15, -0.1) is 0 Å². The predicted octanol–water partition coefficient (Wildman–Crippen LogP) is 4.25. The fourth-order valence-corrected chi connectivity index (χ4v) is 2.64. The summed E-state index contributed by atoms with van der Waals surface area (Å²) >= 11 is 2.37. The highest BCUT2D eigenvalue weighted by molar-refractivity contribution is 8.07. The Morgan fingerprint density at radius 3 is 2.00 bits per heavy atom. The lowest BCUT2D eigenvalue weighted by molar-refractivity contribution is 0.0509. The van der Waals surface area contributed by atoms with Crippen LogP contribution in [0.25, 0.3) is 0 Å². The summed E-state index contributed by atoms with van der Waals surface area (Å²) in [5, 5.41) is 8.35. The molecular weight excluding hydrogens is 312 g/mol. The smallest absolute Gasteiger partial charge is 0.449 e. The lowest BCUT2D eigenvalue weighted by Crippen LogP contribution is -2.09. The van der Waals surface area contributed by atoms with Gasteiger partial charge in [0.15, 0.2) is 0 Å². The number of hydrogen-bond acceptors (Lipinski definition) is 6. The van der Waals surface area contributed by atoms with Gasteiger partial charge in [0.1, 0.15) is 0 Å². The maximum Gasteiger partial charge on any atom is 0.513 e. The Kier molecular flexibility index (Phi) is 5.68. The molecule has 2 aromatic rings. The number of benzene rings is 2. The number of esters is 1. The zero-order valence-corrected chi connectivity index (χ0v) is 12.2. The minimum Gasteiger partial charge on any atom is -0.449 e. The average molecular weight is 322 g/mol.